The van der Waals surface area contributed by atoms with Crippen molar-refractivity contribution in [1.82, 2.24) is 0 Å². The van der Waals surface area contributed by atoms with Gasteiger partial charge in [0.15, 0.2) is 0 Å². The van der Waals surface area contributed by atoms with Gasteiger partial charge in [0, 0.05) is 15.8 Å². The monoisotopic (exact) mass is 418 g/mol. The topological polar surface area (TPSA) is 38.0 Å². The minimum absolute atomic E-state index is 0.0740. The van der Waals surface area contributed by atoms with Gasteiger partial charge in [0.25, 0.3) is 0 Å². The standard InChI is InChI=1S/C24H16ClFN2S/c25-20-13-17(10-11-21(20)26)28-22-19-7-3-6-18(23(19)29-24(22)27)16-9-8-14-4-1-2-5-15(14)12-16/h1-13,28H,27H2. The molecule has 2 nitrogen and oxygen atoms in total. The van der Waals surface area contributed by atoms with Gasteiger partial charge < -0.3 is 11.1 Å². The van der Waals surface area contributed by atoms with Gasteiger partial charge in [-0.15, -0.1) is 11.3 Å². The van der Waals surface area contributed by atoms with Crippen molar-refractivity contribution in [3.63, 3.8) is 0 Å². The number of hydrogen-bond acceptors (Lipinski definition) is 3. The number of thiophene rings is 1. The van der Waals surface area contributed by atoms with Crippen molar-refractivity contribution in [1.29, 1.82) is 0 Å². The first-order valence-electron chi connectivity index (χ1n) is 9.12. The van der Waals surface area contributed by atoms with E-state index in [2.05, 4.69) is 41.7 Å². The molecular weight excluding hydrogens is 403 g/mol. The van der Waals surface area contributed by atoms with Crippen LogP contribution in [0.2, 0.25) is 5.02 Å². The van der Waals surface area contributed by atoms with Crippen LogP contribution >= 0.6 is 22.9 Å². The van der Waals surface area contributed by atoms with E-state index in [4.69, 9.17) is 17.3 Å². The average molecular weight is 419 g/mol. The van der Waals surface area contributed by atoms with Gasteiger partial charge in [-0.25, -0.2) is 4.39 Å². The maximum absolute atomic E-state index is 13.5. The van der Waals surface area contributed by atoms with Crippen molar-refractivity contribution in [2.45, 2.75) is 0 Å². The molecule has 1 aromatic heterocycles. The van der Waals surface area contributed by atoms with Crippen molar-refractivity contribution in [2.75, 3.05) is 11.1 Å². The Bertz CT molecular complexity index is 1380. The highest BCUT2D eigenvalue weighted by Gasteiger charge is 2.15. The van der Waals surface area contributed by atoms with Gasteiger partial charge in [0.2, 0.25) is 0 Å². The molecule has 0 aliphatic carbocycles. The smallest absolute Gasteiger partial charge is 0.141 e. The number of rotatable bonds is 3. The lowest BCUT2D eigenvalue weighted by molar-refractivity contribution is 0.628. The molecule has 0 aliphatic heterocycles. The van der Waals surface area contributed by atoms with Gasteiger partial charge in [0.05, 0.1) is 10.7 Å². The third-order valence-electron chi connectivity index (χ3n) is 4.99. The van der Waals surface area contributed by atoms with Gasteiger partial charge in [0.1, 0.15) is 10.8 Å². The van der Waals surface area contributed by atoms with E-state index in [1.807, 2.05) is 24.3 Å². The molecule has 5 aromatic rings. The van der Waals surface area contributed by atoms with Crippen LogP contribution in [0.3, 0.4) is 0 Å². The molecule has 0 bridgehead atoms. The van der Waals surface area contributed by atoms with Crippen molar-refractivity contribution in [2.24, 2.45) is 0 Å². The molecule has 4 aromatic carbocycles. The normalized spacial score (nSPS) is 11.2. The fourth-order valence-corrected chi connectivity index (χ4v) is 4.81. The van der Waals surface area contributed by atoms with Crippen LogP contribution in [0.1, 0.15) is 0 Å². The number of hydrogen-bond donors (Lipinski definition) is 2. The first kappa shape index (κ1) is 18.0. The Kier molecular flexibility index (Phi) is 4.38. The number of fused-ring (bicyclic) bond motifs is 2. The molecule has 0 aliphatic rings. The maximum Gasteiger partial charge on any atom is 0.141 e. The summed E-state index contributed by atoms with van der Waals surface area (Å²) < 4.78 is 14.6. The number of nitrogens with one attached hydrogen (secondary N) is 1. The van der Waals surface area contributed by atoms with Crippen LogP contribution in [0.15, 0.2) is 78.9 Å². The summed E-state index contributed by atoms with van der Waals surface area (Å²) in [4.78, 5) is 0. The van der Waals surface area contributed by atoms with Crippen molar-refractivity contribution >= 4 is 60.2 Å². The Morgan fingerprint density at radius 1 is 0.862 bits per heavy atom. The van der Waals surface area contributed by atoms with Crippen LogP contribution < -0.4 is 11.1 Å². The second-order valence-electron chi connectivity index (χ2n) is 6.84. The molecule has 5 rings (SSSR count). The lowest BCUT2D eigenvalue weighted by Crippen LogP contribution is -1.93. The van der Waals surface area contributed by atoms with Gasteiger partial charge in [-0.2, -0.15) is 0 Å². The quantitative estimate of drug-likeness (QED) is 0.313. The summed E-state index contributed by atoms with van der Waals surface area (Å²) >= 11 is 7.46. The molecule has 0 unspecified atom stereocenters. The van der Waals surface area contributed by atoms with E-state index in [0.717, 1.165) is 26.9 Å². The van der Waals surface area contributed by atoms with Gasteiger partial charge >= 0.3 is 0 Å². The molecule has 142 valence electrons. The van der Waals surface area contributed by atoms with E-state index in [1.165, 1.54) is 16.8 Å². The Morgan fingerprint density at radius 3 is 2.52 bits per heavy atom. The average Bonchev–Trinajstić information content (AvgIpc) is 3.05. The fraction of sp³-hybridized carbons (Fsp3) is 0. The highest BCUT2D eigenvalue weighted by atomic mass is 35.5. The summed E-state index contributed by atoms with van der Waals surface area (Å²) in [5.41, 5.74) is 10.1. The molecule has 0 radical (unpaired) electrons. The Labute approximate surface area is 176 Å². The summed E-state index contributed by atoms with van der Waals surface area (Å²) in [6.07, 6.45) is 0. The lowest BCUT2D eigenvalue weighted by Gasteiger charge is -2.09. The molecule has 0 spiro atoms. The van der Waals surface area contributed by atoms with E-state index in [-0.39, 0.29) is 5.02 Å². The van der Waals surface area contributed by atoms with Crippen LogP contribution in [0.4, 0.5) is 20.8 Å². The third-order valence-corrected chi connectivity index (χ3v) is 6.35. The number of nitrogens with two attached hydrogens (primary N) is 1. The Balaban J connectivity index is 1.63. The van der Waals surface area contributed by atoms with Gasteiger partial charge in [-0.05, 0) is 46.2 Å². The highest BCUT2D eigenvalue weighted by molar-refractivity contribution is 7.24. The summed E-state index contributed by atoms with van der Waals surface area (Å²) in [5, 5.41) is 7.49. The third kappa shape index (κ3) is 3.20. The van der Waals surface area contributed by atoms with Crippen LogP contribution in [0.25, 0.3) is 32.0 Å². The fourth-order valence-electron chi connectivity index (χ4n) is 3.57. The number of nitrogen functional groups attached to an aromatic ring is 1. The molecule has 29 heavy (non-hydrogen) atoms. The molecule has 0 saturated carbocycles. The SMILES string of the molecule is Nc1sc2c(-c3ccc4ccccc4c3)cccc2c1Nc1ccc(F)c(Cl)c1. The minimum Gasteiger partial charge on any atom is -0.389 e. The van der Waals surface area contributed by atoms with Gasteiger partial charge in [-0.1, -0.05) is 66.2 Å². The van der Waals surface area contributed by atoms with E-state index < -0.39 is 5.82 Å². The molecule has 0 saturated heterocycles. The second kappa shape index (κ2) is 7.07. The summed E-state index contributed by atoms with van der Waals surface area (Å²) in [6, 6.07) is 25.5. The lowest BCUT2D eigenvalue weighted by atomic mass is 10.00. The van der Waals surface area contributed by atoms with E-state index >= 15 is 0 Å². The zero-order chi connectivity index (χ0) is 20.0. The van der Waals surface area contributed by atoms with E-state index in [1.54, 1.807) is 23.5 Å². The number of benzene rings is 4. The van der Waals surface area contributed by atoms with Gasteiger partial charge in [-0.3, -0.25) is 0 Å². The summed E-state index contributed by atoms with van der Waals surface area (Å²) in [5.74, 6) is -0.445. The Morgan fingerprint density at radius 2 is 1.69 bits per heavy atom. The predicted molar refractivity (Wildman–Crippen MR) is 124 cm³/mol. The van der Waals surface area contributed by atoms with Crippen molar-refractivity contribution in [3.8, 4) is 11.1 Å². The van der Waals surface area contributed by atoms with Crippen LogP contribution in [0, 0.1) is 5.82 Å². The molecular formula is C24H16ClFN2S. The number of halogens is 2. The highest BCUT2D eigenvalue weighted by Crippen LogP contribution is 2.44. The largest absolute Gasteiger partial charge is 0.389 e. The molecule has 0 atom stereocenters. The predicted octanol–water partition coefficient (Wildman–Crippen LogP) is 7.84. The summed E-state index contributed by atoms with van der Waals surface area (Å²) in [6.45, 7) is 0. The van der Waals surface area contributed by atoms with E-state index in [0.29, 0.717) is 10.7 Å². The maximum atomic E-state index is 13.5. The summed E-state index contributed by atoms with van der Waals surface area (Å²) in [7, 11) is 0. The molecule has 1 heterocycles. The second-order valence-corrected chi connectivity index (χ2v) is 8.30. The zero-order valence-corrected chi connectivity index (χ0v) is 16.8. The molecule has 5 heteroatoms. The molecule has 0 fully saturated rings. The minimum atomic E-state index is -0.445. The van der Waals surface area contributed by atoms with E-state index in [9.17, 15) is 4.39 Å². The zero-order valence-electron chi connectivity index (χ0n) is 15.2. The van der Waals surface area contributed by atoms with Crippen LogP contribution in [-0.4, -0.2) is 0 Å². The van der Waals surface area contributed by atoms with Crippen LogP contribution in [-0.2, 0) is 0 Å². The van der Waals surface area contributed by atoms with Crippen LogP contribution in [0.5, 0.6) is 0 Å². The Hall–Kier alpha value is -3.08. The molecule has 0 amide bonds. The first-order valence-corrected chi connectivity index (χ1v) is 10.3. The molecule has 3 N–H and O–H groups in total. The first-order chi connectivity index (χ1) is 14.1. The number of anilines is 3. The van der Waals surface area contributed by atoms with Crippen molar-refractivity contribution < 1.29 is 4.39 Å². The van der Waals surface area contributed by atoms with Crippen molar-refractivity contribution in [3.05, 3.63) is 89.7 Å².